The van der Waals surface area contributed by atoms with Crippen LogP contribution in [0.2, 0.25) is 0 Å². The molecule has 0 bridgehead atoms. The summed E-state index contributed by atoms with van der Waals surface area (Å²) in [5.74, 6) is -1.33. The average molecular weight is 473 g/mol. The molecule has 0 radical (unpaired) electrons. The number of hydrogen-bond acceptors (Lipinski definition) is 6. The first-order valence-electron chi connectivity index (χ1n) is 9.49. The van der Waals surface area contributed by atoms with E-state index in [4.69, 9.17) is 14.6 Å². The highest BCUT2D eigenvalue weighted by atomic mass is 32.2. The minimum absolute atomic E-state index is 0.0952. The van der Waals surface area contributed by atoms with Gasteiger partial charge < -0.3 is 19.7 Å². The van der Waals surface area contributed by atoms with Crippen molar-refractivity contribution in [2.45, 2.75) is 41.7 Å². The van der Waals surface area contributed by atoms with E-state index in [0.29, 0.717) is 17.7 Å². The molecule has 1 aliphatic heterocycles. The van der Waals surface area contributed by atoms with Gasteiger partial charge in [-0.2, -0.15) is 13.2 Å². The van der Waals surface area contributed by atoms with Crippen LogP contribution in [0.5, 0.6) is 11.5 Å². The first-order valence-corrected chi connectivity index (χ1v) is 11.0. The standard InChI is InChI=1S/C20H18F3NO7S/c21-20(22,23)10-4-6-11(7-5-10)32(28,29)24-18-13(25)8-15-17(18)12-2-1-3-14(19(12)31-15)30-9-16(26)27/h1-7,13,15,17-18,24-25H,8-9H2,(H,26,27). The molecule has 4 atom stereocenters. The lowest BCUT2D eigenvalue weighted by atomic mass is 9.94. The fraction of sp³-hybridized carbons (Fsp3) is 0.350. The van der Waals surface area contributed by atoms with Crippen molar-refractivity contribution in [2.24, 2.45) is 0 Å². The number of hydrogen-bond donors (Lipinski definition) is 3. The molecular weight excluding hydrogens is 455 g/mol. The van der Waals surface area contributed by atoms with Crippen molar-refractivity contribution in [3.05, 3.63) is 53.6 Å². The number of sulfonamides is 1. The van der Waals surface area contributed by atoms with Gasteiger partial charge in [0.1, 0.15) is 6.10 Å². The number of ether oxygens (including phenoxy) is 2. The summed E-state index contributed by atoms with van der Waals surface area (Å²) in [6.07, 6.45) is -6.20. The maximum absolute atomic E-state index is 12.8. The van der Waals surface area contributed by atoms with E-state index in [1.54, 1.807) is 12.1 Å². The lowest BCUT2D eigenvalue weighted by molar-refractivity contribution is -0.139. The quantitative estimate of drug-likeness (QED) is 0.588. The van der Waals surface area contributed by atoms with Crippen LogP contribution >= 0.6 is 0 Å². The predicted molar refractivity (Wildman–Crippen MR) is 103 cm³/mol. The van der Waals surface area contributed by atoms with Gasteiger partial charge in [0.15, 0.2) is 18.1 Å². The summed E-state index contributed by atoms with van der Waals surface area (Å²) in [7, 11) is -4.25. The number of carbonyl (C=O) groups is 1. The summed E-state index contributed by atoms with van der Waals surface area (Å²) in [6.45, 7) is -0.595. The first kappa shape index (κ1) is 22.4. The Morgan fingerprint density at radius 1 is 1.19 bits per heavy atom. The van der Waals surface area contributed by atoms with Crippen LogP contribution in [0, 0.1) is 0 Å². The average Bonchev–Trinajstić information content (AvgIpc) is 3.21. The number of alkyl halides is 3. The van der Waals surface area contributed by atoms with E-state index in [-0.39, 0.29) is 22.8 Å². The molecule has 12 heteroatoms. The fourth-order valence-electron chi connectivity index (χ4n) is 4.07. The molecule has 8 nitrogen and oxygen atoms in total. The van der Waals surface area contributed by atoms with Crippen LogP contribution in [0.25, 0.3) is 0 Å². The molecule has 0 aromatic heterocycles. The van der Waals surface area contributed by atoms with Gasteiger partial charge in [0.25, 0.3) is 0 Å². The third-order valence-corrected chi connectivity index (χ3v) is 6.92. The van der Waals surface area contributed by atoms with Crippen LogP contribution in [0.3, 0.4) is 0 Å². The molecule has 4 rings (SSSR count). The first-order chi connectivity index (χ1) is 15.0. The Morgan fingerprint density at radius 2 is 1.88 bits per heavy atom. The van der Waals surface area contributed by atoms with E-state index in [2.05, 4.69) is 4.72 Å². The molecule has 2 aromatic carbocycles. The molecule has 172 valence electrons. The summed E-state index contributed by atoms with van der Waals surface area (Å²) in [6, 6.07) is 6.79. The molecule has 3 N–H and O–H groups in total. The number of carboxylic acid groups (broad SMARTS) is 1. The highest BCUT2D eigenvalue weighted by Crippen LogP contribution is 2.51. The number of aliphatic hydroxyl groups excluding tert-OH is 1. The summed E-state index contributed by atoms with van der Waals surface area (Å²) < 4.78 is 77.3. The topological polar surface area (TPSA) is 122 Å². The molecule has 1 aliphatic carbocycles. The number of para-hydroxylation sites is 1. The van der Waals surface area contributed by atoms with Crippen molar-refractivity contribution in [3.63, 3.8) is 0 Å². The highest BCUT2D eigenvalue weighted by molar-refractivity contribution is 7.89. The van der Waals surface area contributed by atoms with E-state index < -0.39 is 58.5 Å². The number of carboxylic acids is 1. The SMILES string of the molecule is O=C(O)COc1cccc2c1OC1CC(O)C(NS(=O)(=O)c3ccc(C(F)(F)F)cc3)C21. The second-order valence-electron chi connectivity index (χ2n) is 7.51. The molecule has 0 amide bonds. The van der Waals surface area contributed by atoms with Crippen molar-refractivity contribution in [1.29, 1.82) is 0 Å². The number of aliphatic carboxylic acids is 1. The maximum atomic E-state index is 12.8. The molecular formula is C20H18F3NO7S. The number of nitrogens with one attached hydrogen (secondary N) is 1. The zero-order valence-electron chi connectivity index (χ0n) is 16.2. The number of rotatable bonds is 6. The van der Waals surface area contributed by atoms with Gasteiger partial charge >= 0.3 is 12.1 Å². The van der Waals surface area contributed by atoms with Crippen LogP contribution in [0.1, 0.15) is 23.5 Å². The zero-order chi connectivity index (χ0) is 23.3. The number of fused-ring (bicyclic) bond motifs is 3. The van der Waals surface area contributed by atoms with Gasteiger partial charge in [0.2, 0.25) is 10.0 Å². The second-order valence-corrected chi connectivity index (χ2v) is 9.23. The van der Waals surface area contributed by atoms with E-state index >= 15 is 0 Å². The third kappa shape index (κ3) is 4.12. The lowest BCUT2D eigenvalue weighted by Crippen LogP contribution is -2.43. The molecule has 32 heavy (non-hydrogen) atoms. The van der Waals surface area contributed by atoms with E-state index in [1.807, 2.05) is 0 Å². The number of benzene rings is 2. The number of aliphatic hydroxyl groups is 1. The Balaban J connectivity index is 1.59. The van der Waals surface area contributed by atoms with Crippen molar-refractivity contribution < 1.29 is 46.1 Å². The van der Waals surface area contributed by atoms with Gasteiger partial charge in [-0.25, -0.2) is 17.9 Å². The fourth-order valence-corrected chi connectivity index (χ4v) is 5.36. The molecule has 2 aromatic rings. The summed E-state index contributed by atoms with van der Waals surface area (Å²) >= 11 is 0. The van der Waals surface area contributed by atoms with Gasteiger partial charge in [-0.3, -0.25) is 0 Å². The monoisotopic (exact) mass is 473 g/mol. The molecule has 1 heterocycles. The van der Waals surface area contributed by atoms with E-state index in [9.17, 15) is 31.5 Å². The Hall–Kier alpha value is -2.83. The van der Waals surface area contributed by atoms with E-state index in [0.717, 1.165) is 12.1 Å². The lowest BCUT2D eigenvalue weighted by Gasteiger charge is -2.22. The minimum Gasteiger partial charge on any atom is -0.485 e. The maximum Gasteiger partial charge on any atom is 0.416 e. The Bertz CT molecular complexity index is 1130. The Morgan fingerprint density at radius 3 is 2.50 bits per heavy atom. The van der Waals surface area contributed by atoms with Crippen LogP contribution in [0.15, 0.2) is 47.4 Å². The summed E-state index contributed by atoms with van der Waals surface area (Å²) in [4.78, 5) is 10.4. The third-order valence-electron chi connectivity index (χ3n) is 5.45. The van der Waals surface area contributed by atoms with Crippen molar-refractivity contribution in [2.75, 3.05) is 6.61 Å². The van der Waals surface area contributed by atoms with Gasteiger partial charge in [0, 0.05) is 17.9 Å². The van der Waals surface area contributed by atoms with Crippen LogP contribution in [-0.4, -0.2) is 49.5 Å². The van der Waals surface area contributed by atoms with Crippen LogP contribution < -0.4 is 14.2 Å². The minimum atomic E-state index is -4.60. The van der Waals surface area contributed by atoms with Crippen molar-refractivity contribution in [1.82, 2.24) is 4.72 Å². The predicted octanol–water partition coefficient (Wildman–Crippen LogP) is 2.13. The van der Waals surface area contributed by atoms with Crippen molar-refractivity contribution >= 4 is 16.0 Å². The van der Waals surface area contributed by atoms with Gasteiger partial charge in [-0.1, -0.05) is 12.1 Å². The highest BCUT2D eigenvalue weighted by Gasteiger charge is 2.51. The van der Waals surface area contributed by atoms with Crippen LogP contribution in [0.4, 0.5) is 13.2 Å². The summed E-state index contributed by atoms with van der Waals surface area (Å²) in [5.41, 5.74) is -0.445. The zero-order valence-corrected chi connectivity index (χ0v) is 17.1. The van der Waals surface area contributed by atoms with Gasteiger partial charge in [-0.15, -0.1) is 0 Å². The molecule has 2 aliphatic rings. The van der Waals surface area contributed by atoms with Crippen LogP contribution in [-0.2, 0) is 21.0 Å². The Kier molecular flexibility index (Phi) is 5.55. The summed E-state index contributed by atoms with van der Waals surface area (Å²) in [5, 5.41) is 19.3. The van der Waals surface area contributed by atoms with E-state index in [1.165, 1.54) is 6.07 Å². The smallest absolute Gasteiger partial charge is 0.416 e. The van der Waals surface area contributed by atoms with Crippen molar-refractivity contribution in [3.8, 4) is 11.5 Å². The second kappa shape index (κ2) is 7.94. The van der Waals surface area contributed by atoms with Gasteiger partial charge in [-0.05, 0) is 30.3 Å². The van der Waals surface area contributed by atoms with Gasteiger partial charge in [0.05, 0.1) is 22.6 Å². The normalized spacial score (nSPS) is 24.5. The number of halogens is 3. The molecule has 0 saturated heterocycles. The Labute approximate surface area is 180 Å². The molecule has 0 spiro atoms. The molecule has 1 fully saturated rings. The largest absolute Gasteiger partial charge is 0.485 e. The molecule has 1 saturated carbocycles. The molecule has 4 unspecified atom stereocenters.